The molecule has 4 rings (SSSR count). The van der Waals surface area contributed by atoms with E-state index in [0.717, 1.165) is 18.7 Å². The number of fused-ring (bicyclic) bond motifs is 2. The van der Waals surface area contributed by atoms with Crippen molar-refractivity contribution in [1.82, 2.24) is 19.9 Å². The summed E-state index contributed by atoms with van der Waals surface area (Å²) in [6.45, 7) is 7.66. The van der Waals surface area contributed by atoms with E-state index < -0.39 is 17.7 Å². The van der Waals surface area contributed by atoms with Gasteiger partial charge >= 0.3 is 5.97 Å². The van der Waals surface area contributed by atoms with Crippen molar-refractivity contribution in [1.29, 1.82) is 0 Å². The van der Waals surface area contributed by atoms with E-state index in [1.165, 1.54) is 0 Å². The number of aliphatic carboxylic acids is 1. The number of halogens is 1. The molecule has 8 nitrogen and oxygen atoms in total. The largest absolute Gasteiger partial charge is 0.481 e. The smallest absolute Gasteiger partial charge is 0.307 e. The van der Waals surface area contributed by atoms with Gasteiger partial charge in [0.25, 0.3) is 6.47 Å². The van der Waals surface area contributed by atoms with Crippen LogP contribution in [0.5, 0.6) is 0 Å². The van der Waals surface area contributed by atoms with Crippen LogP contribution in [0.2, 0.25) is 0 Å². The number of ether oxygens (including phenoxy) is 1. The molecule has 0 radical (unpaired) electrons. The van der Waals surface area contributed by atoms with Gasteiger partial charge in [-0.2, -0.15) is 0 Å². The van der Waals surface area contributed by atoms with Crippen LogP contribution in [0.4, 0.5) is 4.39 Å². The number of hydrogen-bond donors (Lipinski definition) is 1. The molecule has 1 saturated heterocycles. The first-order chi connectivity index (χ1) is 13.1. The van der Waals surface area contributed by atoms with Gasteiger partial charge in [0.2, 0.25) is 0 Å². The Bertz CT molecular complexity index is 899. The van der Waals surface area contributed by atoms with E-state index in [1.807, 2.05) is 33.9 Å². The first kappa shape index (κ1) is 20.2. The summed E-state index contributed by atoms with van der Waals surface area (Å²) >= 11 is 0. The molecule has 1 aliphatic heterocycles. The van der Waals surface area contributed by atoms with Crippen molar-refractivity contribution in [3.8, 4) is 0 Å². The quantitative estimate of drug-likeness (QED) is 0.796. The Morgan fingerprint density at radius 3 is 2.54 bits per heavy atom. The van der Waals surface area contributed by atoms with Crippen LogP contribution in [0.3, 0.4) is 0 Å². The van der Waals surface area contributed by atoms with Gasteiger partial charge in [-0.1, -0.05) is 5.21 Å². The SMILES string of the molecule is CC(C)(C)OC=O.CN1CC(n2nnc3c(F)c4c(cc32)CC(C(=O)O)C4)C1. The van der Waals surface area contributed by atoms with Crippen LogP contribution in [0, 0.1) is 11.7 Å². The molecule has 1 aromatic carbocycles. The summed E-state index contributed by atoms with van der Waals surface area (Å²) in [4.78, 5) is 22.9. The molecule has 1 aromatic heterocycles. The summed E-state index contributed by atoms with van der Waals surface area (Å²) in [5.74, 6) is -1.80. The Kier molecular flexibility index (Phi) is 5.38. The number of rotatable bonds is 3. The monoisotopic (exact) mass is 392 g/mol. The number of carbonyl (C=O) groups is 2. The highest BCUT2D eigenvalue weighted by Gasteiger charge is 2.33. The highest BCUT2D eigenvalue weighted by molar-refractivity contribution is 5.80. The van der Waals surface area contributed by atoms with Crippen LogP contribution in [-0.2, 0) is 27.2 Å². The van der Waals surface area contributed by atoms with E-state index in [1.54, 1.807) is 4.68 Å². The molecule has 0 spiro atoms. The molecule has 2 heterocycles. The van der Waals surface area contributed by atoms with E-state index in [2.05, 4.69) is 19.9 Å². The van der Waals surface area contributed by atoms with Crippen LogP contribution in [0.15, 0.2) is 6.07 Å². The van der Waals surface area contributed by atoms with Crippen LogP contribution in [-0.4, -0.2) is 63.2 Å². The molecule has 28 heavy (non-hydrogen) atoms. The standard InChI is InChI=1S/C14H15FN4O2.C5H10O2/c1-18-5-9(6-18)19-11-4-7-2-8(14(20)21)3-10(7)12(15)13(11)16-17-19;1-5(2,3)7-4-6/h4,8-9H,2-3,5-6H2,1H3,(H,20,21);4H,1-3H3. The molecular weight excluding hydrogens is 367 g/mol. The average Bonchev–Trinajstić information content (AvgIpc) is 3.16. The molecule has 0 amide bonds. The third-order valence-electron chi connectivity index (χ3n) is 4.96. The third-order valence-corrected chi connectivity index (χ3v) is 4.96. The first-order valence-electron chi connectivity index (χ1n) is 9.18. The number of carbonyl (C=O) groups excluding carboxylic acids is 1. The van der Waals surface area contributed by atoms with Gasteiger partial charge in [0, 0.05) is 13.1 Å². The summed E-state index contributed by atoms with van der Waals surface area (Å²) in [5, 5.41) is 17.2. The molecule has 9 heteroatoms. The van der Waals surface area contributed by atoms with Crippen molar-refractivity contribution in [2.24, 2.45) is 5.92 Å². The average molecular weight is 392 g/mol. The minimum atomic E-state index is -0.871. The van der Waals surface area contributed by atoms with E-state index in [-0.39, 0.29) is 23.6 Å². The lowest BCUT2D eigenvalue weighted by molar-refractivity contribution is -0.141. The Morgan fingerprint density at radius 1 is 1.36 bits per heavy atom. The molecule has 1 aliphatic carbocycles. The van der Waals surface area contributed by atoms with Crippen LogP contribution in [0.25, 0.3) is 11.0 Å². The molecule has 1 fully saturated rings. The maximum atomic E-state index is 14.6. The van der Waals surface area contributed by atoms with Crippen molar-refractivity contribution in [2.75, 3.05) is 20.1 Å². The van der Waals surface area contributed by atoms with Gasteiger partial charge in [0.15, 0.2) is 5.82 Å². The lowest BCUT2D eigenvalue weighted by atomic mass is 10.1. The predicted molar refractivity (Wildman–Crippen MR) is 99.5 cm³/mol. The number of carboxylic acids is 1. The van der Waals surface area contributed by atoms with Gasteiger partial charge in [0.1, 0.15) is 11.1 Å². The van der Waals surface area contributed by atoms with Crippen LogP contribution >= 0.6 is 0 Å². The Morgan fingerprint density at radius 2 is 2.04 bits per heavy atom. The van der Waals surface area contributed by atoms with E-state index in [4.69, 9.17) is 5.11 Å². The van der Waals surface area contributed by atoms with Gasteiger partial charge in [0.05, 0.1) is 17.5 Å². The van der Waals surface area contributed by atoms with Crippen LogP contribution in [0.1, 0.15) is 37.9 Å². The molecule has 0 saturated carbocycles. The molecule has 2 aliphatic rings. The normalized spacial score (nSPS) is 19.5. The minimum Gasteiger partial charge on any atom is -0.481 e. The van der Waals surface area contributed by atoms with Crippen molar-refractivity contribution in [3.05, 3.63) is 23.0 Å². The third kappa shape index (κ3) is 3.99. The predicted octanol–water partition coefficient (Wildman–Crippen LogP) is 1.81. The number of benzene rings is 1. The number of hydrogen-bond acceptors (Lipinski definition) is 6. The van der Waals surface area contributed by atoms with Crippen molar-refractivity contribution in [2.45, 2.75) is 45.3 Å². The number of aromatic nitrogens is 3. The molecule has 1 unspecified atom stereocenters. The second kappa shape index (κ2) is 7.46. The first-order valence-corrected chi connectivity index (χ1v) is 9.18. The fourth-order valence-corrected chi connectivity index (χ4v) is 3.52. The molecular formula is C19H25FN4O4. The van der Waals surface area contributed by atoms with Crippen molar-refractivity contribution >= 4 is 23.5 Å². The highest BCUT2D eigenvalue weighted by Crippen LogP contribution is 2.34. The number of nitrogens with zero attached hydrogens (tertiary/aromatic N) is 4. The Labute approximate surface area is 162 Å². The van der Waals surface area contributed by atoms with Crippen molar-refractivity contribution in [3.63, 3.8) is 0 Å². The summed E-state index contributed by atoms with van der Waals surface area (Å²) in [6.07, 6.45) is 0.624. The molecule has 1 atom stereocenters. The lowest BCUT2D eigenvalue weighted by Gasteiger charge is -2.36. The fraction of sp³-hybridized carbons (Fsp3) is 0.579. The summed E-state index contributed by atoms with van der Waals surface area (Å²) < 4.78 is 20.9. The van der Waals surface area contributed by atoms with Crippen molar-refractivity contribution < 1.29 is 23.8 Å². The van der Waals surface area contributed by atoms with E-state index in [0.29, 0.717) is 24.0 Å². The molecule has 1 N–H and O–H groups in total. The topological polar surface area (TPSA) is 97.5 Å². The zero-order chi connectivity index (χ0) is 20.6. The van der Waals surface area contributed by atoms with Crippen LogP contribution < -0.4 is 0 Å². The minimum absolute atomic E-state index is 0.217. The highest BCUT2D eigenvalue weighted by atomic mass is 19.1. The van der Waals surface area contributed by atoms with Gasteiger partial charge in [-0.05, 0) is 57.9 Å². The maximum Gasteiger partial charge on any atom is 0.307 e. The summed E-state index contributed by atoms with van der Waals surface area (Å²) in [7, 11) is 2.02. The second-order valence-corrected chi connectivity index (χ2v) is 8.37. The van der Waals surface area contributed by atoms with E-state index in [9.17, 15) is 14.0 Å². The number of carboxylic acid groups (broad SMARTS) is 1. The molecule has 0 bridgehead atoms. The summed E-state index contributed by atoms with van der Waals surface area (Å²) in [5.41, 5.74) is 1.89. The van der Waals surface area contributed by atoms with Gasteiger partial charge in [-0.15, -0.1) is 5.10 Å². The second-order valence-electron chi connectivity index (χ2n) is 8.37. The van der Waals surface area contributed by atoms with E-state index >= 15 is 0 Å². The molecule has 2 aromatic rings. The zero-order valence-corrected chi connectivity index (χ0v) is 16.5. The maximum absolute atomic E-state index is 14.6. The van der Waals surface area contributed by atoms with Gasteiger partial charge in [-0.25, -0.2) is 9.07 Å². The number of likely N-dealkylation sites (tertiary alicyclic amines) is 1. The lowest BCUT2D eigenvalue weighted by Crippen LogP contribution is -2.45. The zero-order valence-electron chi connectivity index (χ0n) is 16.5. The summed E-state index contributed by atoms with van der Waals surface area (Å²) in [6, 6.07) is 2.09. The van der Waals surface area contributed by atoms with Gasteiger partial charge < -0.3 is 14.7 Å². The Hall–Kier alpha value is -2.55. The van der Waals surface area contributed by atoms with Gasteiger partial charge in [-0.3, -0.25) is 9.59 Å². The fourth-order valence-electron chi connectivity index (χ4n) is 3.52. The molecule has 152 valence electrons. The Balaban J connectivity index is 0.000000279. The number of likely N-dealkylation sites (N-methyl/N-ethyl adjacent to an activating group) is 1.